The zero-order chi connectivity index (χ0) is 9.42. The molecule has 0 saturated heterocycles. The summed E-state index contributed by atoms with van der Waals surface area (Å²) in [7, 11) is 0. The maximum atomic E-state index is 6.14. The summed E-state index contributed by atoms with van der Waals surface area (Å²) >= 11 is 12.2. The normalized spacial score (nSPS) is 10.7. The van der Waals surface area contributed by atoms with E-state index in [1.54, 1.807) is 0 Å². The van der Waals surface area contributed by atoms with Gasteiger partial charge in [-0.2, -0.15) is 0 Å². The van der Waals surface area contributed by atoms with Gasteiger partial charge in [-0.25, -0.2) is 0 Å². The molecule has 2 aromatic rings. The van der Waals surface area contributed by atoms with E-state index in [4.69, 9.17) is 23.2 Å². The van der Waals surface area contributed by atoms with Crippen LogP contribution in [0.4, 0.5) is 0 Å². The van der Waals surface area contributed by atoms with Crippen molar-refractivity contribution in [1.29, 1.82) is 0 Å². The second-order valence-electron chi connectivity index (χ2n) is 3.03. The summed E-state index contributed by atoms with van der Waals surface area (Å²) in [6.45, 7) is 1.96. The minimum absolute atomic E-state index is 0.762. The van der Waals surface area contributed by atoms with Crippen LogP contribution < -0.4 is 0 Å². The Bertz CT molecular complexity index is 461. The lowest BCUT2D eigenvalue weighted by atomic mass is 10.1. The Morgan fingerprint density at radius 1 is 1.00 bits per heavy atom. The van der Waals surface area contributed by atoms with Crippen molar-refractivity contribution in [3.05, 3.63) is 45.9 Å². The van der Waals surface area contributed by atoms with Crippen LogP contribution in [0.3, 0.4) is 0 Å². The number of benzene rings is 2. The summed E-state index contributed by atoms with van der Waals surface area (Å²) in [5.74, 6) is 0. The summed E-state index contributed by atoms with van der Waals surface area (Å²) < 4.78 is 0. The fourth-order valence-corrected chi connectivity index (χ4v) is 1.97. The summed E-state index contributed by atoms with van der Waals surface area (Å²) in [6, 6.07) is 9.77. The quantitative estimate of drug-likeness (QED) is 0.603. The average Bonchev–Trinajstić information content (AvgIpc) is 2.15. The largest absolute Gasteiger partial charge is 0.0837 e. The minimum atomic E-state index is 0.762. The Kier molecular flexibility index (Phi) is 2.19. The molecule has 0 nitrogen and oxygen atoms in total. The molecule has 0 aliphatic carbocycles. The second-order valence-corrected chi connectivity index (χ2v) is 3.82. The van der Waals surface area contributed by atoms with Crippen molar-refractivity contribution in [1.82, 2.24) is 0 Å². The Labute approximate surface area is 87.1 Å². The van der Waals surface area contributed by atoms with Gasteiger partial charge in [-0.1, -0.05) is 47.5 Å². The van der Waals surface area contributed by atoms with E-state index in [-0.39, 0.29) is 0 Å². The van der Waals surface area contributed by atoms with Gasteiger partial charge >= 0.3 is 0 Å². The van der Waals surface area contributed by atoms with Crippen molar-refractivity contribution in [3.63, 3.8) is 0 Å². The number of hydrogen-bond acceptors (Lipinski definition) is 0. The highest BCUT2D eigenvalue weighted by atomic mass is 35.5. The molecule has 0 fully saturated rings. The van der Waals surface area contributed by atoms with E-state index in [9.17, 15) is 0 Å². The fraction of sp³-hybridized carbons (Fsp3) is 0.0909. The Morgan fingerprint density at radius 2 is 1.62 bits per heavy atom. The molecule has 0 N–H and O–H groups in total. The summed E-state index contributed by atoms with van der Waals surface area (Å²) in [5.41, 5.74) is 1.02. The Hall–Kier alpha value is -0.720. The van der Waals surface area contributed by atoms with Crippen molar-refractivity contribution in [2.24, 2.45) is 0 Å². The monoisotopic (exact) mass is 210 g/mol. The molecule has 0 saturated carbocycles. The molecule has 0 bridgehead atoms. The first-order valence-corrected chi connectivity index (χ1v) is 4.79. The van der Waals surface area contributed by atoms with Crippen LogP contribution in [-0.2, 0) is 0 Å². The third-order valence-electron chi connectivity index (χ3n) is 2.11. The standard InChI is InChI=1S/C11H8Cl2/c1-7-6-10(12)8-4-2-3-5-9(8)11(7)13/h2-6H,1H3. The highest BCUT2D eigenvalue weighted by Gasteiger charge is 2.05. The molecular formula is C11H8Cl2. The molecule has 0 unspecified atom stereocenters. The van der Waals surface area contributed by atoms with Crippen LogP contribution in [0.25, 0.3) is 10.8 Å². The minimum Gasteiger partial charge on any atom is -0.0837 e. The van der Waals surface area contributed by atoms with Crippen LogP contribution in [0, 0.1) is 6.92 Å². The number of rotatable bonds is 0. The van der Waals surface area contributed by atoms with E-state index >= 15 is 0 Å². The van der Waals surface area contributed by atoms with E-state index < -0.39 is 0 Å². The predicted octanol–water partition coefficient (Wildman–Crippen LogP) is 4.46. The molecule has 0 aliphatic rings. The lowest BCUT2D eigenvalue weighted by molar-refractivity contribution is 1.50. The van der Waals surface area contributed by atoms with Crippen molar-refractivity contribution >= 4 is 34.0 Å². The van der Waals surface area contributed by atoms with Crippen LogP contribution >= 0.6 is 23.2 Å². The first-order valence-electron chi connectivity index (χ1n) is 4.03. The van der Waals surface area contributed by atoms with Gasteiger partial charge in [-0.15, -0.1) is 0 Å². The average molecular weight is 211 g/mol. The first-order chi connectivity index (χ1) is 6.20. The van der Waals surface area contributed by atoms with Gasteiger partial charge in [0, 0.05) is 15.8 Å². The maximum Gasteiger partial charge on any atom is 0.0514 e. The van der Waals surface area contributed by atoms with Gasteiger partial charge in [-0.05, 0) is 18.6 Å². The number of aryl methyl sites for hydroxylation is 1. The summed E-state index contributed by atoms with van der Waals surface area (Å²) in [6.07, 6.45) is 0. The van der Waals surface area contributed by atoms with Crippen molar-refractivity contribution in [2.75, 3.05) is 0 Å². The topological polar surface area (TPSA) is 0 Å². The van der Waals surface area contributed by atoms with Gasteiger partial charge < -0.3 is 0 Å². The molecule has 2 aromatic carbocycles. The maximum absolute atomic E-state index is 6.14. The first kappa shape index (κ1) is 8.86. The molecule has 0 spiro atoms. The van der Waals surface area contributed by atoms with Gasteiger partial charge in [0.1, 0.15) is 0 Å². The molecule has 0 heterocycles. The van der Waals surface area contributed by atoms with Gasteiger partial charge in [0.15, 0.2) is 0 Å². The highest BCUT2D eigenvalue weighted by molar-refractivity contribution is 6.40. The van der Waals surface area contributed by atoms with E-state index in [0.29, 0.717) is 0 Å². The lowest BCUT2D eigenvalue weighted by Crippen LogP contribution is -1.80. The molecule has 0 atom stereocenters. The van der Waals surface area contributed by atoms with Crippen LogP contribution in [0.15, 0.2) is 30.3 Å². The molecule has 0 radical (unpaired) electrons. The van der Waals surface area contributed by atoms with E-state index in [0.717, 1.165) is 26.4 Å². The van der Waals surface area contributed by atoms with Gasteiger partial charge in [0.05, 0.1) is 5.02 Å². The van der Waals surface area contributed by atoms with Gasteiger partial charge in [0.2, 0.25) is 0 Å². The van der Waals surface area contributed by atoms with Crippen molar-refractivity contribution in [3.8, 4) is 0 Å². The number of fused-ring (bicyclic) bond motifs is 1. The lowest BCUT2D eigenvalue weighted by Gasteiger charge is -2.05. The third-order valence-corrected chi connectivity index (χ3v) is 2.92. The van der Waals surface area contributed by atoms with Crippen molar-refractivity contribution < 1.29 is 0 Å². The Balaban J connectivity index is 2.97. The van der Waals surface area contributed by atoms with Crippen LogP contribution in [0.2, 0.25) is 10.0 Å². The van der Waals surface area contributed by atoms with Crippen LogP contribution in [0.1, 0.15) is 5.56 Å². The van der Waals surface area contributed by atoms with Gasteiger partial charge in [-0.3, -0.25) is 0 Å². The molecular weight excluding hydrogens is 203 g/mol. The summed E-state index contributed by atoms with van der Waals surface area (Å²) in [5, 5.41) is 3.59. The SMILES string of the molecule is Cc1cc(Cl)c2ccccc2c1Cl. The molecule has 13 heavy (non-hydrogen) atoms. The second kappa shape index (κ2) is 3.21. The number of halogens is 2. The number of hydrogen-bond donors (Lipinski definition) is 0. The van der Waals surface area contributed by atoms with Crippen molar-refractivity contribution in [2.45, 2.75) is 6.92 Å². The predicted molar refractivity (Wildman–Crippen MR) is 58.7 cm³/mol. The molecule has 0 amide bonds. The molecule has 2 heteroatoms. The van der Waals surface area contributed by atoms with Gasteiger partial charge in [0.25, 0.3) is 0 Å². The zero-order valence-corrected chi connectivity index (χ0v) is 8.65. The zero-order valence-electron chi connectivity index (χ0n) is 7.14. The molecule has 0 aliphatic heterocycles. The molecule has 0 aromatic heterocycles. The molecule has 2 rings (SSSR count). The highest BCUT2D eigenvalue weighted by Crippen LogP contribution is 2.32. The van der Waals surface area contributed by atoms with E-state index in [1.807, 2.05) is 37.3 Å². The van der Waals surface area contributed by atoms with E-state index in [1.165, 1.54) is 0 Å². The van der Waals surface area contributed by atoms with Crippen LogP contribution in [-0.4, -0.2) is 0 Å². The molecule has 66 valence electrons. The van der Waals surface area contributed by atoms with Crippen LogP contribution in [0.5, 0.6) is 0 Å². The smallest absolute Gasteiger partial charge is 0.0514 e. The van der Waals surface area contributed by atoms with E-state index in [2.05, 4.69) is 0 Å². The Morgan fingerprint density at radius 3 is 2.31 bits per heavy atom. The summed E-state index contributed by atoms with van der Waals surface area (Å²) in [4.78, 5) is 0. The third kappa shape index (κ3) is 1.41. The fourth-order valence-electron chi connectivity index (χ4n) is 1.43.